The first-order valence-corrected chi connectivity index (χ1v) is 10.9. The third-order valence-corrected chi connectivity index (χ3v) is 8.62. The summed E-state index contributed by atoms with van der Waals surface area (Å²) in [7, 11) is -5.91. The van der Waals surface area contributed by atoms with Gasteiger partial charge in [-0.25, -0.2) is 21.6 Å². The minimum atomic E-state index is -3.63. The standard InChI is InChI=1S/C15H23N3O4S2.ClH/c1-10-7-12(4-6-15(10)23(19,20)17-2)24(21,22)18-8-11-3-5-14(16)13(11)9-18;/h4,6-7,11,13-14,17H,3,5,8-9,16H2,1-2H3;1H. The molecule has 2 aliphatic rings. The number of aryl methyl sites for hydroxylation is 1. The van der Waals surface area contributed by atoms with Crippen molar-refractivity contribution in [2.75, 3.05) is 20.1 Å². The highest BCUT2D eigenvalue weighted by Gasteiger charge is 2.45. The second kappa shape index (κ2) is 7.13. The van der Waals surface area contributed by atoms with E-state index in [1.54, 1.807) is 6.92 Å². The smallest absolute Gasteiger partial charge is 0.243 e. The van der Waals surface area contributed by atoms with E-state index >= 15 is 0 Å². The molecule has 25 heavy (non-hydrogen) atoms. The zero-order valence-electron chi connectivity index (χ0n) is 14.2. The van der Waals surface area contributed by atoms with Crippen molar-refractivity contribution >= 4 is 32.5 Å². The minimum absolute atomic E-state index is 0. The molecule has 0 bridgehead atoms. The molecule has 3 rings (SSSR count). The average Bonchev–Trinajstić information content (AvgIpc) is 3.10. The van der Waals surface area contributed by atoms with Crippen LogP contribution in [0.5, 0.6) is 0 Å². The lowest BCUT2D eigenvalue weighted by Gasteiger charge is -2.19. The van der Waals surface area contributed by atoms with Gasteiger partial charge < -0.3 is 5.73 Å². The van der Waals surface area contributed by atoms with E-state index in [4.69, 9.17) is 5.73 Å². The largest absolute Gasteiger partial charge is 0.327 e. The van der Waals surface area contributed by atoms with Gasteiger partial charge >= 0.3 is 0 Å². The van der Waals surface area contributed by atoms with Crippen molar-refractivity contribution in [3.05, 3.63) is 23.8 Å². The van der Waals surface area contributed by atoms with Crippen molar-refractivity contribution in [3.8, 4) is 0 Å². The van der Waals surface area contributed by atoms with Gasteiger partial charge in [0.05, 0.1) is 9.79 Å². The molecule has 0 amide bonds. The number of halogens is 1. The minimum Gasteiger partial charge on any atom is -0.327 e. The Morgan fingerprint density at radius 1 is 1.16 bits per heavy atom. The Balaban J connectivity index is 0.00000225. The highest BCUT2D eigenvalue weighted by Crippen LogP contribution is 2.39. The number of hydrogen-bond acceptors (Lipinski definition) is 5. The predicted octanol–water partition coefficient (Wildman–Crippen LogP) is 0.683. The third kappa shape index (κ3) is 3.58. The quantitative estimate of drug-likeness (QED) is 0.759. The number of benzene rings is 1. The van der Waals surface area contributed by atoms with E-state index in [2.05, 4.69) is 4.72 Å². The van der Waals surface area contributed by atoms with Crippen LogP contribution < -0.4 is 10.5 Å². The number of nitrogens with zero attached hydrogens (tertiary/aromatic N) is 1. The average molecular weight is 410 g/mol. The fraction of sp³-hybridized carbons (Fsp3) is 0.600. The Labute approximate surface area is 155 Å². The number of nitrogens with one attached hydrogen (secondary N) is 1. The highest BCUT2D eigenvalue weighted by molar-refractivity contribution is 7.89. The highest BCUT2D eigenvalue weighted by atomic mass is 35.5. The first-order valence-electron chi connectivity index (χ1n) is 7.97. The molecule has 0 aromatic heterocycles. The topological polar surface area (TPSA) is 110 Å². The van der Waals surface area contributed by atoms with Gasteiger partial charge in [0.1, 0.15) is 0 Å². The van der Waals surface area contributed by atoms with Crippen molar-refractivity contribution < 1.29 is 16.8 Å². The molecule has 1 aliphatic carbocycles. The van der Waals surface area contributed by atoms with Crippen molar-refractivity contribution in [2.45, 2.75) is 35.6 Å². The molecule has 0 spiro atoms. The van der Waals surface area contributed by atoms with E-state index in [-0.39, 0.29) is 34.2 Å². The van der Waals surface area contributed by atoms with Crippen molar-refractivity contribution in [1.29, 1.82) is 0 Å². The third-order valence-electron chi connectivity index (χ3n) is 5.22. The van der Waals surface area contributed by atoms with E-state index in [1.807, 2.05) is 0 Å². The molecule has 3 unspecified atom stereocenters. The lowest BCUT2D eigenvalue weighted by Crippen LogP contribution is -2.33. The monoisotopic (exact) mass is 409 g/mol. The van der Waals surface area contributed by atoms with Gasteiger partial charge in [-0.1, -0.05) is 0 Å². The second-order valence-corrected chi connectivity index (χ2v) is 10.4. The molecule has 0 radical (unpaired) electrons. The SMILES string of the molecule is CNS(=O)(=O)c1ccc(S(=O)(=O)N2CC3CCC(N)C3C2)cc1C.Cl. The Bertz CT molecular complexity index is 858. The lowest BCUT2D eigenvalue weighted by molar-refractivity contribution is 0.427. The van der Waals surface area contributed by atoms with Crippen LogP contribution in [0.15, 0.2) is 28.0 Å². The summed E-state index contributed by atoms with van der Waals surface area (Å²) in [5.74, 6) is 0.560. The molecule has 10 heteroatoms. The molecular formula is C15H24ClN3O4S2. The number of nitrogens with two attached hydrogens (primary N) is 1. The summed E-state index contributed by atoms with van der Waals surface area (Å²) in [6.45, 7) is 2.54. The van der Waals surface area contributed by atoms with Crippen molar-refractivity contribution in [3.63, 3.8) is 0 Å². The number of rotatable bonds is 4. The maximum atomic E-state index is 12.9. The molecule has 1 aliphatic heterocycles. The lowest BCUT2D eigenvalue weighted by atomic mass is 9.98. The Morgan fingerprint density at radius 3 is 2.40 bits per heavy atom. The van der Waals surface area contributed by atoms with Gasteiger partial charge in [0, 0.05) is 19.1 Å². The number of sulfonamides is 2. The summed E-state index contributed by atoms with van der Waals surface area (Å²) >= 11 is 0. The molecule has 3 atom stereocenters. The fourth-order valence-electron chi connectivity index (χ4n) is 3.81. The summed E-state index contributed by atoms with van der Waals surface area (Å²) in [5.41, 5.74) is 6.48. The van der Waals surface area contributed by atoms with Crippen LogP contribution in [0, 0.1) is 18.8 Å². The molecule has 142 valence electrons. The molecule has 1 aromatic rings. The number of fused-ring (bicyclic) bond motifs is 1. The molecule has 1 heterocycles. The van der Waals surface area contributed by atoms with Crippen LogP contribution in [0.25, 0.3) is 0 Å². The van der Waals surface area contributed by atoms with Crippen LogP contribution in [0.2, 0.25) is 0 Å². The number of hydrogen-bond donors (Lipinski definition) is 2. The van der Waals surface area contributed by atoms with Crippen LogP contribution in [0.3, 0.4) is 0 Å². The summed E-state index contributed by atoms with van der Waals surface area (Å²) in [6.07, 6.45) is 1.93. The Hall–Kier alpha value is -0.710. The molecular weight excluding hydrogens is 386 g/mol. The molecule has 1 saturated carbocycles. The van der Waals surface area contributed by atoms with Gasteiger partial charge in [0.15, 0.2) is 0 Å². The molecule has 1 aromatic carbocycles. The zero-order valence-corrected chi connectivity index (χ0v) is 16.6. The molecule has 7 nitrogen and oxygen atoms in total. The summed E-state index contributed by atoms with van der Waals surface area (Å²) < 4.78 is 53.3. The predicted molar refractivity (Wildman–Crippen MR) is 97.6 cm³/mol. The molecule has 1 saturated heterocycles. The normalized spacial score (nSPS) is 27.1. The van der Waals surface area contributed by atoms with Gasteiger partial charge in [-0.3, -0.25) is 0 Å². The van der Waals surface area contributed by atoms with Crippen molar-refractivity contribution in [1.82, 2.24) is 9.03 Å². The first kappa shape index (κ1) is 20.6. The van der Waals surface area contributed by atoms with Gasteiger partial charge in [0.2, 0.25) is 20.0 Å². The van der Waals surface area contributed by atoms with E-state index in [0.717, 1.165) is 12.8 Å². The van der Waals surface area contributed by atoms with Gasteiger partial charge in [0.25, 0.3) is 0 Å². The molecule has 3 N–H and O–H groups in total. The van der Waals surface area contributed by atoms with Gasteiger partial charge in [-0.15, -0.1) is 12.4 Å². The van der Waals surface area contributed by atoms with E-state index in [1.165, 1.54) is 29.6 Å². The van der Waals surface area contributed by atoms with Gasteiger partial charge in [-0.05, 0) is 62.4 Å². The van der Waals surface area contributed by atoms with Crippen LogP contribution in [0.4, 0.5) is 0 Å². The maximum Gasteiger partial charge on any atom is 0.243 e. The maximum absolute atomic E-state index is 12.9. The molecule has 2 fully saturated rings. The first-order chi connectivity index (χ1) is 11.2. The van der Waals surface area contributed by atoms with Crippen LogP contribution >= 0.6 is 12.4 Å². The van der Waals surface area contributed by atoms with Crippen molar-refractivity contribution in [2.24, 2.45) is 17.6 Å². The van der Waals surface area contributed by atoms with Crippen LogP contribution in [0.1, 0.15) is 18.4 Å². The van der Waals surface area contributed by atoms with Crippen LogP contribution in [-0.4, -0.2) is 47.3 Å². The fourth-order valence-corrected chi connectivity index (χ4v) is 6.38. The van der Waals surface area contributed by atoms with E-state index in [0.29, 0.717) is 24.6 Å². The van der Waals surface area contributed by atoms with Crippen LogP contribution in [-0.2, 0) is 20.0 Å². The summed E-state index contributed by atoms with van der Waals surface area (Å²) in [4.78, 5) is 0.216. The van der Waals surface area contributed by atoms with E-state index < -0.39 is 20.0 Å². The zero-order chi connectivity index (χ0) is 17.7. The second-order valence-electron chi connectivity index (χ2n) is 6.62. The Kier molecular flexibility index (Phi) is 5.87. The van der Waals surface area contributed by atoms with E-state index in [9.17, 15) is 16.8 Å². The summed E-state index contributed by atoms with van der Waals surface area (Å²) in [5, 5.41) is 0. The van der Waals surface area contributed by atoms with Gasteiger partial charge in [-0.2, -0.15) is 4.31 Å². The Morgan fingerprint density at radius 2 is 1.84 bits per heavy atom. The summed E-state index contributed by atoms with van der Waals surface area (Å²) in [6, 6.07) is 4.20.